The van der Waals surface area contributed by atoms with Crippen molar-refractivity contribution in [1.82, 2.24) is 24.8 Å². The first kappa shape index (κ1) is 26.4. The summed E-state index contributed by atoms with van der Waals surface area (Å²) in [5, 5.41) is 1.52. The summed E-state index contributed by atoms with van der Waals surface area (Å²) in [6, 6.07) is 14.3. The maximum atomic E-state index is 16.6. The lowest BCUT2D eigenvalue weighted by Gasteiger charge is -2.31. The Morgan fingerprint density at radius 2 is 1.72 bits per heavy atom. The first-order valence-corrected chi connectivity index (χ1v) is 15.2. The van der Waals surface area contributed by atoms with E-state index in [1.807, 2.05) is 24.4 Å². The van der Waals surface area contributed by atoms with Gasteiger partial charge in [-0.2, -0.15) is 9.97 Å². The Morgan fingerprint density at radius 3 is 2.58 bits per heavy atom. The molecular weight excluding hydrogens is 546 g/mol. The van der Waals surface area contributed by atoms with Crippen LogP contribution in [0.15, 0.2) is 60.9 Å². The zero-order valence-corrected chi connectivity index (χ0v) is 23.9. The molecule has 0 spiro atoms. The average Bonchev–Trinajstić information content (AvgIpc) is 3.53. The van der Waals surface area contributed by atoms with Crippen molar-refractivity contribution in [2.75, 3.05) is 31.1 Å². The van der Waals surface area contributed by atoms with E-state index in [0.29, 0.717) is 40.7 Å². The fraction of sp³-hybridized carbons (Fsp3) is 0.353. The number of hydrogen-bond donors (Lipinski definition) is 0. The van der Waals surface area contributed by atoms with Crippen molar-refractivity contribution in [3.8, 4) is 17.3 Å². The molecule has 0 atom stereocenters. The topological polar surface area (TPSA) is 67.3 Å². The van der Waals surface area contributed by atoms with E-state index in [0.717, 1.165) is 69.4 Å². The fourth-order valence-corrected chi connectivity index (χ4v) is 7.41. The van der Waals surface area contributed by atoms with E-state index in [9.17, 15) is 0 Å². The van der Waals surface area contributed by atoms with Crippen molar-refractivity contribution >= 4 is 27.5 Å². The minimum atomic E-state index is -0.611. The van der Waals surface area contributed by atoms with Crippen LogP contribution < -0.4 is 9.64 Å². The molecule has 218 valence electrons. The van der Waals surface area contributed by atoms with E-state index < -0.39 is 11.6 Å². The molecule has 0 saturated carbocycles. The normalized spacial score (nSPS) is 18.1. The smallest absolute Gasteiger partial charge is 0.319 e. The number of anilines is 1. The molecule has 2 fully saturated rings. The molecule has 6 heterocycles. The molecule has 0 N–H and O–H groups in total. The molecular formula is C34H32F2N6O. The number of benzene rings is 2. The van der Waals surface area contributed by atoms with Gasteiger partial charge in [0.05, 0.1) is 10.9 Å². The van der Waals surface area contributed by atoms with Crippen molar-refractivity contribution < 1.29 is 13.5 Å². The second-order valence-corrected chi connectivity index (χ2v) is 12.0. The minimum Gasteiger partial charge on any atom is -0.461 e. The quantitative estimate of drug-likeness (QED) is 0.237. The van der Waals surface area contributed by atoms with Crippen LogP contribution >= 0.6 is 0 Å². The highest BCUT2D eigenvalue weighted by atomic mass is 19.1. The van der Waals surface area contributed by atoms with Gasteiger partial charge in [0.1, 0.15) is 29.5 Å². The fourth-order valence-electron chi connectivity index (χ4n) is 7.41. The molecule has 8 rings (SSSR count). The highest BCUT2D eigenvalue weighted by molar-refractivity contribution is 5.99. The molecule has 3 aliphatic rings. The first-order chi connectivity index (χ1) is 21.1. The van der Waals surface area contributed by atoms with Crippen LogP contribution in [0.4, 0.5) is 14.6 Å². The van der Waals surface area contributed by atoms with Gasteiger partial charge < -0.3 is 9.64 Å². The molecule has 3 aliphatic heterocycles. The lowest BCUT2D eigenvalue weighted by atomic mass is 9.95. The molecule has 3 aromatic heterocycles. The number of aromatic nitrogens is 4. The number of ether oxygens (including phenoxy) is 1. The number of aryl methyl sites for hydroxylation is 1. The summed E-state index contributed by atoms with van der Waals surface area (Å²) in [7, 11) is 0. The van der Waals surface area contributed by atoms with Crippen LogP contribution in [0.2, 0.25) is 0 Å². The predicted molar refractivity (Wildman–Crippen MR) is 162 cm³/mol. The van der Waals surface area contributed by atoms with E-state index in [-0.39, 0.29) is 22.8 Å². The van der Waals surface area contributed by atoms with E-state index in [2.05, 4.69) is 30.8 Å². The van der Waals surface area contributed by atoms with Crippen LogP contribution in [0.3, 0.4) is 0 Å². The van der Waals surface area contributed by atoms with Crippen molar-refractivity contribution in [3.05, 3.63) is 83.8 Å². The van der Waals surface area contributed by atoms with E-state index in [4.69, 9.17) is 9.72 Å². The Kier molecular flexibility index (Phi) is 6.44. The molecule has 0 aliphatic carbocycles. The molecule has 43 heavy (non-hydrogen) atoms. The lowest BCUT2D eigenvalue weighted by Crippen LogP contribution is -2.43. The van der Waals surface area contributed by atoms with Crippen molar-refractivity contribution in [2.24, 2.45) is 0 Å². The van der Waals surface area contributed by atoms with Crippen LogP contribution in [0.25, 0.3) is 32.9 Å². The van der Waals surface area contributed by atoms with Gasteiger partial charge in [0, 0.05) is 42.1 Å². The molecule has 9 heteroatoms. The van der Waals surface area contributed by atoms with E-state index in [1.54, 1.807) is 24.4 Å². The van der Waals surface area contributed by atoms with Gasteiger partial charge in [-0.25, -0.2) is 8.78 Å². The molecule has 7 nitrogen and oxygen atoms in total. The van der Waals surface area contributed by atoms with Crippen molar-refractivity contribution in [3.63, 3.8) is 0 Å². The second-order valence-electron chi connectivity index (χ2n) is 12.0. The van der Waals surface area contributed by atoms with Crippen molar-refractivity contribution in [1.29, 1.82) is 0 Å². The molecule has 2 aromatic carbocycles. The Morgan fingerprint density at radius 1 is 0.884 bits per heavy atom. The van der Waals surface area contributed by atoms with E-state index in [1.165, 1.54) is 6.07 Å². The van der Waals surface area contributed by atoms with Gasteiger partial charge >= 0.3 is 6.01 Å². The second kappa shape index (κ2) is 10.5. The zero-order valence-electron chi connectivity index (χ0n) is 23.9. The molecule has 5 aromatic rings. The van der Waals surface area contributed by atoms with Gasteiger partial charge in [0.15, 0.2) is 5.82 Å². The molecule has 0 bridgehead atoms. The standard InChI is InChI=1S/C34H32F2N6O/c35-26-11-2-8-22-7-1-10-24(28(22)26)30-29(36)31-25(19-38-30)32(41-16-4-12-27-23(20-41)9-3-15-37-27)40-33(39-31)43-21-34-13-5-17-42(34)18-6-14-34/h1-3,7-11,15,19H,4-6,12-14,16-18,20-21H2. The summed E-state index contributed by atoms with van der Waals surface area (Å²) >= 11 is 0. The van der Waals surface area contributed by atoms with Crippen LogP contribution in [0.1, 0.15) is 43.4 Å². The Bertz CT molecular complexity index is 1850. The monoisotopic (exact) mass is 578 g/mol. The summed E-state index contributed by atoms with van der Waals surface area (Å²) < 4.78 is 38.1. The summed E-state index contributed by atoms with van der Waals surface area (Å²) in [6.45, 7) is 3.94. The molecule has 0 radical (unpaired) electrons. The first-order valence-electron chi connectivity index (χ1n) is 15.2. The third-order valence-electron chi connectivity index (χ3n) is 9.52. The molecule has 0 amide bonds. The van der Waals surface area contributed by atoms with Gasteiger partial charge in [-0.3, -0.25) is 14.9 Å². The Hall–Kier alpha value is -4.24. The van der Waals surface area contributed by atoms with Crippen LogP contribution in [0, 0.1) is 11.6 Å². The molecule has 0 unspecified atom stereocenters. The maximum Gasteiger partial charge on any atom is 0.319 e. The van der Waals surface area contributed by atoms with Gasteiger partial charge in [-0.1, -0.05) is 36.4 Å². The lowest BCUT2D eigenvalue weighted by molar-refractivity contribution is 0.108. The zero-order chi connectivity index (χ0) is 29.0. The summed E-state index contributed by atoms with van der Waals surface area (Å²) in [4.78, 5) is 23.4. The highest BCUT2D eigenvalue weighted by Gasteiger charge is 2.45. The van der Waals surface area contributed by atoms with Gasteiger partial charge in [-0.15, -0.1) is 0 Å². The number of pyridine rings is 2. The largest absolute Gasteiger partial charge is 0.461 e. The summed E-state index contributed by atoms with van der Waals surface area (Å²) in [6.07, 6.45) is 9.66. The highest BCUT2D eigenvalue weighted by Crippen LogP contribution is 2.40. The minimum absolute atomic E-state index is 0.00583. The third-order valence-corrected chi connectivity index (χ3v) is 9.52. The van der Waals surface area contributed by atoms with Gasteiger partial charge in [0.25, 0.3) is 0 Å². The molecule has 2 saturated heterocycles. The van der Waals surface area contributed by atoms with Crippen molar-refractivity contribution in [2.45, 2.75) is 50.6 Å². The summed E-state index contributed by atoms with van der Waals surface area (Å²) in [5.74, 6) is -0.443. The predicted octanol–water partition coefficient (Wildman–Crippen LogP) is 6.48. The number of nitrogens with zero attached hydrogens (tertiary/aromatic N) is 6. The number of rotatable bonds is 5. The number of halogens is 2. The van der Waals surface area contributed by atoms with Crippen LogP contribution in [-0.2, 0) is 13.0 Å². The van der Waals surface area contributed by atoms with E-state index >= 15 is 8.78 Å². The Labute approximate surface area is 248 Å². The SMILES string of the molecule is Fc1c(-c2cccc3cccc(F)c23)ncc2c(N3CCCc4ncccc4C3)nc(OCC34CCCN3CCC4)nc12. The Balaban J connectivity index is 1.26. The van der Waals surface area contributed by atoms with Crippen LogP contribution in [-0.4, -0.2) is 56.6 Å². The third kappa shape index (κ3) is 4.49. The number of fused-ring (bicyclic) bond motifs is 4. The van der Waals surface area contributed by atoms with Gasteiger partial charge in [0.2, 0.25) is 0 Å². The maximum absolute atomic E-state index is 16.6. The number of hydrogen-bond acceptors (Lipinski definition) is 7. The van der Waals surface area contributed by atoms with Gasteiger partial charge in [-0.05, 0) is 74.7 Å². The van der Waals surface area contributed by atoms with Crippen LogP contribution in [0.5, 0.6) is 6.01 Å². The summed E-state index contributed by atoms with van der Waals surface area (Å²) in [5.41, 5.74) is 2.76. The average molecular weight is 579 g/mol.